The molecule has 1 atom stereocenters. The van der Waals surface area contributed by atoms with Gasteiger partial charge in [-0.2, -0.15) is 0 Å². The highest BCUT2D eigenvalue weighted by Gasteiger charge is 2.20. The van der Waals surface area contributed by atoms with E-state index in [1.807, 2.05) is 0 Å². The van der Waals surface area contributed by atoms with E-state index in [9.17, 15) is 14.0 Å². The van der Waals surface area contributed by atoms with Gasteiger partial charge in [0.05, 0.1) is 0 Å². The minimum Gasteiger partial charge on any atom is -0.444 e. The minimum absolute atomic E-state index is 0.231. The molecule has 6 heteroatoms. The second kappa shape index (κ2) is 7.24. The standard InChI is InChI=1S/C16H23FN2O3/c1-11(10-18-15(21)22-16(2,3)4)19(5)14(20)12-6-8-13(17)9-7-12/h6-9,11H,10H2,1-5H3,(H,18,21)/t11-/m1/s1. The first-order valence-corrected chi connectivity index (χ1v) is 7.10. The molecule has 1 aromatic rings. The Hall–Kier alpha value is -2.11. The predicted octanol–water partition coefficient (Wildman–Crippen LogP) is 2.81. The molecular formula is C16H23FN2O3. The fraction of sp³-hybridized carbons (Fsp3) is 0.500. The van der Waals surface area contributed by atoms with Gasteiger partial charge in [0, 0.05) is 25.2 Å². The maximum Gasteiger partial charge on any atom is 0.407 e. The average molecular weight is 310 g/mol. The van der Waals surface area contributed by atoms with Crippen LogP contribution in [0, 0.1) is 5.82 Å². The van der Waals surface area contributed by atoms with Crippen LogP contribution in [0.4, 0.5) is 9.18 Å². The summed E-state index contributed by atoms with van der Waals surface area (Å²) in [7, 11) is 1.63. The number of halogens is 1. The number of benzene rings is 1. The van der Waals surface area contributed by atoms with Gasteiger partial charge in [0.2, 0.25) is 0 Å². The molecular weight excluding hydrogens is 287 g/mol. The van der Waals surface area contributed by atoms with Crippen molar-refractivity contribution in [2.75, 3.05) is 13.6 Å². The van der Waals surface area contributed by atoms with E-state index in [2.05, 4.69) is 5.32 Å². The summed E-state index contributed by atoms with van der Waals surface area (Å²) in [5, 5.41) is 2.62. The Morgan fingerprint density at radius 1 is 1.27 bits per heavy atom. The lowest BCUT2D eigenvalue weighted by molar-refractivity contribution is 0.0501. The van der Waals surface area contributed by atoms with Gasteiger partial charge < -0.3 is 15.0 Å². The van der Waals surface area contributed by atoms with Crippen LogP contribution in [0.15, 0.2) is 24.3 Å². The van der Waals surface area contributed by atoms with Crippen LogP contribution in [0.1, 0.15) is 38.1 Å². The fourth-order valence-electron chi connectivity index (χ4n) is 1.68. The Bertz CT molecular complexity index is 523. The Balaban J connectivity index is 2.54. The van der Waals surface area contributed by atoms with E-state index in [4.69, 9.17) is 4.74 Å². The number of amides is 2. The molecule has 0 saturated heterocycles. The van der Waals surface area contributed by atoms with E-state index in [1.54, 1.807) is 34.7 Å². The number of carbonyl (C=O) groups is 2. The molecule has 1 N–H and O–H groups in total. The van der Waals surface area contributed by atoms with Crippen LogP contribution in [-0.2, 0) is 4.74 Å². The van der Waals surface area contributed by atoms with Crippen molar-refractivity contribution in [1.29, 1.82) is 0 Å². The molecule has 22 heavy (non-hydrogen) atoms. The molecule has 0 heterocycles. The highest BCUT2D eigenvalue weighted by molar-refractivity contribution is 5.94. The Kier molecular flexibility index (Phi) is 5.91. The van der Waals surface area contributed by atoms with E-state index in [0.29, 0.717) is 5.56 Å². The van der Waals surface area contributed by atoms with Crippen molar-refractivity contribution in [3.8, 4) is 0 Å². The zero-order chi connectivity index (χ0) is 16.9. The zero-order valence-electron chi connectivity index (χ0n) is 13.6. The quantitative estimate of drug-likeness (QED) is 0.930. The second-order valence-corrected chi connectivity index (χ2v) is 6.15. The minimum atomic E-state index is -0.566. The molecule has 0 unspecified atom stereocenters. The molecule has 0 saturated carbocycles. The summed E-state index contributed by atoms with van der Waals surface area (Å²) < 4.78 is 18.0. The van der Waals surface area contributed by atoms with E-state index in [0.717, 1.165) is 0 Å². The fourth-order valence-corrected chi connectivity index (χ4v) is 1.68. The van der Waals surface area contributed by atoms with Crippen molar-refractivity contribution in [3.05, 3.63) is 35.6 Å². The Morgan fingerprint density at radius 2 is 1.82 bits per heavy atom. The van der Waals surface area contributed by atoms with Crippen molar-refractivity contribution in [1.82, 2.24) is 10.2 Å². The van der Waals surface area contributed by atoms with Crippen LogP contribution in [0.5, 0.6) is 0 Å². The number of nitrogens with zero attached hydrogens (tertiary/aromatic N) is 1. The monoisotopic (exact) mass is 310 g/mol. The number of carbonyl (C=O) groups excluding carboxylic acids is 2. The highest BCUT2D eigenvalue weighted by atomic mass is 19.1. The van der Waals surface area contributed by atoms with Crippen LogP contribution in [0.25, 0.3) is 0 Å². The third-order valence-corrected chi connectivity index (χ3v) is 3.01. The molecule has 5 nitrogen and oxygen atoms in total. The summed E-state index contributed by atoms with van der Waals surface area (Å²) in [6.45, 7) is 7.40. The molecule has 0 fully saturated rings. The predicted molar refractivity (Wildman–Crippen MR) is 82.2 cm³/mol. The second-order valence-electron chi connectivity index (χ2n) is 6.15. The van der Waals surface area contributed by atoms with Crippen molar-refractivity contribution >= 4 is 12.0 Å². The van der Waals surface area contributed by atoms with Crippen LogP contribution in [0.3, 0.4) is 0 Å². The van der Waals surface area contributed by atoms with Crippen LogP contribution in [-0.4, -0.2) is 42.1 Å². The topological polar surface area (TPSA) is 58.6 Å². The first-order valence-electron chi connectivity index (χ1n) is 7.10. The smallest absolute Gasteiger partial charge is 0.407 e. The molecule has 0 aliphatic carbocycles. The van der Waals surface area contributed by atoms with Gasteiger partial charge >= 0.3 is 6.09 Å². The molecule has 0 aliphatic rings. The number of hydrogen-bond donors (Lipinski definition) is 1. The first kappa shape index (κ1) is 17.9. The Labute approximate surface area is 130 Å². The summed E-state index contributed by atoms with van der Waals surface area (Å²) in [5.41, 5.74) is -0.170. The molecule has 0 radical (unpaired) electrons. The van der Waals surface area contributed by atoms with E-state index < -0.39 is 11.7 Å². The summed E-state index contributed by atoms with van der Waals surface area (Å²) >= 11 is 0. The molecule has 1 rings (SSSR count). The van der Waals surface area contributed by atoms with Gasteiger partial charge in [-0.3, -0.25) is 4.79 Å². The third-order valence-electron chi connectivity index (χ3n) is 3.01. The number of rotatable bonds is 4. The van der Waals surface area contributed by atoms with Crippen LogP contribution in [0.2, 0.25) is 0 Å². The normalized spacial score (nSPS) is 12.5. The maximum atomic E-state index is 12.9. The number of ether oxygens (including phenoxy) is 1. The van der Waals surface area contributed by atoms with Crippen LogP contribution >= 0.6 is 0 Å². The highest BCUT2D eigenvalue weighted by Crippen LogP contribution is 2.09. The molecule has 0 bridgehead atoms. The van der Waals surface area contributed by atoms with Gasteiger partial charge in [0.15, 0.2) is 0 Å². The SMILES string of the molecule is C[C@H](CNC(=O)OC(C)(C)C)N(C)C(=O)c1ccc(F)cc1. The van der Waals surface area contributed by atoms with Gasteiger partial charge in [-0.05, 0) is 52.0 Å². The van der Waals surface area contributed by atoms with Gasteiger partial charge in [0.1, 0.15) is 11.4 Å². The number of alkyl carbamates (subject to hydrolysis) is 1. The molecule has 0 aliphatic heterocycles. The number of hydrogen-bond acceptors (Lipinski definition) is 3. The van der Waals surface area contributed by atoms with Gasteiger partial charge in [-0.15, -0.1) is 0 Å². The van der Waals surface area contributed by atoms with E-state index in [-0.39, 0.29) is 24.3 Å². The van der Waals surface area contributed by atoms with Crippen molar-refractivity contribution < 1.29 is 18.7 Å². The molecule has 0 aromatic heterocycles. The Morgan fingerprint density at radius 3 is 2.32 bits per heavy atom. The van der Waals surface area contributed by atoms with Gasteiger partial charge in [-0.25, -0.2) is 9.18 Å². The van der Waals surface area contributed by atoms with Crippen molar-refractivity contribution in [2.45, 2.75) is 39.3 Å². The third kappa shape index (κ3) is 5.71. The molecule has 0 spiro atoms. The summed E-state index contributed by atoms with van der Waals surface area (Å²) in [6.07, 6.45) is -0.526. The largest absolute Gasteiger partial charge is 0.444 e. The number of nitrogens with one attached hydrogen (secondary N) is 1. The maximum absolute atomic E-state index is 12.9. The van der Waals surface area contributed by atoms with Crippen LogP contribution < -0.4 is 5.32 Å². The summed E-state index contributed by atoms with van der Waals surface area (Å²) in [5.74, 6) is -0.627. The molecule has 2 amide bonds. The van der Waals surface area contributed by atoms with E-state index >= 15 is 0 Å². The lowest BCUT2D eigenvalue weighted by Crippen LogP contribution is -2.44. The summed E-state index contributed by atoms with van der Waals surface area (Å²) in [6, 6.07) is 5.12. The first-order chi connectivity index (χ1) is 10.1. The van der Waals surface area contributed by atoms with Crippen molar-refractivity contribution in [3.63, 3.8) is 0 Å². The molecule has 122 valence electrons. The average Bonchev–Trinajstić information content (AvgIpc) is 2.42. The summed E-state index contributed by atoms with van der Waals surface area (Å²) in [4.78, 5) is 25.3. The van der Waals surface area contributed by atoms with Gasteiger partial charge in [-0.1, -0.05) is 0 Å². The zero-order valence-corrected chi connectivity index (χ0v) is 13.6. The van der Waals surface area contributed by atoms with Crippen molar-refractivity contribution in [2.24, 2.45) is 0 Å². The lowest BCUT2D eigenvalue weighted by Gasteiger charge is -2.26. The molecule has 1 aromatic carbocycles. The number of likely N-dealkylation sites (N-methyl/N-ethyl adjacent to an activating group) is 1. The van der Waals surface area contributed by atoms with Gasteiger partial charge in [0.25, 0.3) is 5.91 Å². The van der Waals surface area contributed by atoms with E-state index in [1.165, 1.54) is 29.2 Å². The lowest BCUT2D eigenvalue weighted by atomic mass is 10.1.